The SMILES string of the molecule is CCC1=C(C)N=CC=CC1. The van der Waals surface area contributed by atoms with E-state index in [0.29, 0.717) is 0 Å². The Morgan fingerprint density at radius 3 is 3.10 bits per heavy atom. The molecule has 0 amide bonds. The molecule has 0 fully saturated rings. The lowest BCUT2D eigenvalue weighted by molar-refractivity contribution is 0.988. The zero-order chi connectivity index (χ0) is 7.40. The second-order valence-corrected chi connectivity index (χ2v) is 2.45. The van der Waals surface area contributed by atoms with Crippen LogP contribution in [0.25, 0.3) is 0 Å². The third-order valence-corrected chi connectivity index (χ3v) is 1.79. The molecule has 1 aliphatic rings. The first-order valence-electron chi connectivity index (χ1n) is 3.72. The molecular weight excluding hydrogens is 122 g/mol. The Hall–Kier alpha value is -0.850. The van der Waals surface area contributed by atoms with Crippen molar-refractivity contribution >= 4 is 6.21 Å². The molecule has 1 heterocycles. The zero-order valence-electron chi connectivity index (χ0n) is 6.59. The van der Waals surface area contributed by atoms with Crippen molar-refractivity contribution in [2.75, 3.05) is 0 Å². The second kappa shape index (κ2) is 3.35. The van der Waals surface area contributed by atoms with Crippen LogP contribution in [0.5, 0.6) is 0 Å². The van der Waals surface area contributed by atoms with Gasteiger partial charge in [-0.15, -0.1) is 0 Å². The number of rotatable bonds is 1. The maximum Gasteiger partial charge on any atom is 0.0367 e. The zero-order valence-corrected chi connectivity index (χ0v) is 6.59. The Labute approximate surface area is 62.2 Å². The van der Waals surface area contributed by atoms with Gasteiger partial charge in [0.1, 0.15) is 0 Å². The van der Waals surface area contributed by atoms with E-state index < -0.39 is 0 Å². The van der Waals surface area contributed by atoms with Crippen molar-refractivity contribution in [3.05, 3.63) is 23.4 Å². The molecule has 0 aliphatic carbocycles. The lowest BCUT2D eigenvalue weighted by atomic mass is 10.1. The predicted octanol–water partition coefficient (Wildman–Crippen LogP) is 2.70. The van der Waals surface area contributed by atoms with E-state index in [2.05, 4.69) is 24.9 Å². The molecule has 1 aliphatic heterocycles. The molecule has 10 heavy (non-hydrogen) atoms. The average molecular weight is 135 g/mol. The molecule has 1 heteroatoms. The molecule has 0 saturated heterocycles. The molecule has 0 spiro atoms. The van der Waals surface area contributed by atoms with Gasteiger partial charge >= 0.3 is 0 Å². The van der Waals surface area contributed by atoms with E-state index in [0.717, 1.165) is 12.8 Å². The molecule has 0 N–H and O–H groups in total. The summed E-state index contributed by atoms with van der Waals surface area (Å²) < 4.78 is 0. The number of hydrogen-bond donors (Lipinski definition) is 0. The summed E-state index contributed by atoms with van der Waals surface area (Å²) in [6.07, 6.45) is 8.21. The first-order valence-corrected chi connectivity index (χ1v) is 3.72. The van der Waals surface area contributed by atoms with Crippen molar-refractivity contribution in [1.29, 1.82) is 0 Å². The standard InChI is InChI=1S/C9H13N/c1-3-9-6-4-5-7-10-8(9)2/h4-5,7H,3,6H2,1-2H3. The summed E-state index contributed by atoms with van der Waals surface area (Å²) in [4.78, 5) is 4.24. The summed E-state index contributed by atoms with van der Waals surface area (Å²) in [6, 6.07) is 0. The van der Waals surface area contributed by atoms with Gasteiger partial charge in [-0.3, -0.25) is 4.99 Å². The molecule has 0 unspecified atom stereocenters. The summed E-state index contributed by atoms with van der Waals surface area (Å²) in [5, 5.41) is 0. The number of allylic oxidation sites excluding steroid dienone is 4. The first-order chi connectivity index (χ1) is 4.84. The molecule has 1 nitrogen and oxygen atoms in total. The van der Waals surface area contributed by atoms with Crippen LogP contribution >= 0.6 is 0 Å². The van der Waals surface area contributed by atoms with Crippen LogP contribution in [0, 0.1) is 0 Å². The molecule has 0 bridgehead atoms. The summed E-state index contributed by atoms with van der Waals surface area (Å²) in [5.41, 5.74) is 2.64. The summed E-state index contributed by atoms with van der Waals surface area (Å²) in [6.45, 7) is 4.25. The molecule has 0 aromatic carbocycles. The monoisotopic (exact) mass is 135 g/mol. The van der Waals surface area contributed by atoms with Crippen LogP contribution in [0.2, 0.25) is 0 Å². The van der Waals surface area contributed by atoms with Crippen molar-refractivity contribution in [2.45, 2.75) is 26.7 Å². The Kier molecular flexibility index (Phi) is 2.43. The van der Waals surface area contributed by atoms with Crippen LogP contribution in [0.15, 0.2) is 28.4 Å². The minimum absolute atomic E-state index is 1.07. The van der Waals surface area contributed by atoms with Gasteiger partial charge in [-0.25, -0.2) is 0 Å². The quantitative estimate of drug-likeness (QED) is 0.524. The molecule has 54 valence electrons. The smallest absolute Gasteiger partial charge is 0.0367 e. The van der Waals surface area contributed by atoms with Crippen LogP contribution in [-0.4, -0.2) is 6.21 Å². The minimum Gasteiger partial charge on any atom is -0.262 e. The number of aliphatic imine (C=N–C) groups is 1. The van der Waals surface area contributed by atoms with E-state index in [4.69, 9.17) is 0 Å². The van der Waals surface area contributed by atoms with Crippen LogP contribution in [0.1, 0.15) is 26.7 Å². The van der Waals surface area contributed by atoms with E-state index in [9.17, 15) is 0 Å². The second-order valence-electron chi connectivity index (χ2n) is 2.45. The molecule has 1 rings (SSSR count). The normalized spacial score (nSPS) is 17.8. The highest BCUT2D eigenvalue weighted by atomic mass is 14.7. The minimum atomic E-state index is 1.07. The predicted molar refractivity (Wildman–Crippen MR) is 45.2 cm³/mol. The molecule has 0 radical (unpaired) electrons. The van der Waals surface area contributed by atoms with Gasteiger partial charge < -0.3 is 0 Å². The van der Waals surface area contributed by atoms with Crippen LogP contribution in [-0.2, 0) is 0 Å². The van der Waals surface area contributed by atoms with Crippen LogP contribution < -0.4 is 0 Å². The van der Waals surface area contributed by atoms with Crippen molar-refractivity contribution in [1.82, 2.24) is 0 Å². The highest BCUT2D eigenvalue weighted by Crippen LogP contribution is 2.15. The fourth-order valence-corrected chi connectivity index (χ4v) is 1.07. The average Bonchev–Trinajstić information content (AvgIpc) is 2.13. The fraction of sp³-hybridized carbons (Fsp3) is 0.444. The molecule has 0 atom stereocenters. The maximum atomic E-state index is 4.24. The van der Waals surface area contributed by atoms with Gasteiger partial charge in [0, 0.05) is 11.9 Å². The van der Waals surface area contributed by atoms with Crippen LogP contribution in [0.3, 0.4) is 0 Å². The Morgan fingerprint density at radius 2 is 2.40 bits per heavy atom. The Bertz CT molecular complexity index is 197. The van der Waals surface area contributed by atoms with Gasteiger partial charge in [-0.1, -0.05) is 13.0 Å². The maximum absolute atomic E-state index is 4.24. The third-order valence-electron chi connectivity index (χ3n) is 1.79. The topological polar surface area (TPSA) is 12.4 Å². The van der Waals surface area contributed by atoms with Gasteiger partial charge in [0.15, 0.2) is 0 Å². The van der Waals surface area contributed by atoms with Crippen molar-refractivity contribution in [3.63, 3.8) is 0 Å². The number of nitrogens with zero attached hydrogens (tertiary/aromatic N) is 1. The summed E-state index contributed by atoms with van der Waals surface area (Å²) in [7, 11) is 0. The summed E-state index contributed by atoms with van der Waals surface area (Å²) in [5.74, 6) is 0. The van der Waals surface area contributed by atoms with Gasteiger partial charge in [-0.05, 0) is 31.4 Å². The van der Waals surface area contributed by atoms with Gasteiger partial charge in [0.2, 0.25) is 0 Å². The highest BCUT2D eigenvalue weighted by molar-refractivity contribution is 5.72. The molecular formula is C9H13N. The lowest BCUT2D eigenvalue weighted by Crippen LogP contribution is -1.81. The number of hydrogen-bond acceptors (Lipinski definition) is 1. The van der Waals surface area contributed by atoms with E-state index in [-0.39, 0.29) is 0 Å². The summed E-state index contributed by atoms with van der Waals surface area (Å²) >= 11 is 0. The molecule has 0 aromatic rings. The Morgan fingerprint density at radius 1 is 1.60 bits per heavy atom. The van der Waals surface area contributed by atoms with Gasteiger partial charge in [-0.2, -0.15) is 0 Å². The highest BCUT2D eigenvalue weighted by Gasteiger charge is 1.97. The van der Waals surface area contributed by atoms with Crippen LogP contribution in [0.4, 0.5) is 0 Å². The van der Waals surface area contributed by atoms with Gasteiger partial charge in [0.25, 0.3) is 0 Å². The van der Waals surface area contributed by atoms with Crippen molar-refractivity contribution in [2.24, 2.45) is 4.99 Å². The first kappa shape index (κ1) is 7.26. The van der Waals surface area contributed by atoms with E-state index >= 15 is 0 Å². The largest absolute Gasteiger partial charge is 0.262 e. The van der Waals surface area contributed by atoms with Crippen molar-refractivity contribution in [3.8, 4) is 0 Å². The van der Waals surface area contributed by atoms with E-state index in [1.807, 2.05) is 12.3 Å². The Balaban J connectivity index is 2.82. The van der Waals surface area contributed by atoms with E-state index in [1.165, 1.54) is 11.3 Å². The van der Waals surface area contributed by atoms with E-state index in [1.54, 1.807) is 0 Å². The molecule has 0 aromatic heterocycles. The third kappa shape index (κ3) is 1.56. The molecule has 0 saturated carbocycles. The van der Waals surface area contributed by atoms with Gasteiger partial charge in [0.05, 0.1) is 0 Å². The fourth-order valence-electron chi connectivity index (χ4n) is 1.07. The lowest BCUT2D eigenvalue weighted by Gasteiger charge is -2.00. The van der Waals surface area contributed by atoms with Crippen molar-refractivity contribution < 1.29 is 0 Å².